The highest BCUT2D eigenvalue weighted by atomic mass is 32.2. The molecule has 19 heavy (non-hydrogen) atoms. The molecule has 0 heterocycles. The van der Waals surface area contributed by atoms with Gasteiger partial charge in [0.2, 0.25) is 10.0 Å². The minimum atomic E-state index is -3.38. The van der Waals surface area contributed by atoms with Crippen LogP contribution < -0.4 is 9.62 Å². The van der Waals surface area contributed by atoms with Gasteiger partial charge in [-0.25, -0.2) is 13.2 Å². The van der Waals surface area contributed by atoms with E-state index in [1.165, 1.54) is 17.7 Å². The number of ether oxygens (including phenoxy) is 1. The molecule has 0 spiro atoms. The Morgan fingerprint density at radius 3 is 2.53 bits per heavy atom. The number of anilines is 2. The third-order valence-electron chi connectivity index (χ3n) is 2.80. The van der Waals surface area contributed by atoms with E-state index in [2.05, 4.69) is 10.1 Å². The Morgan fingerprint density at radius 2 is 2.00 bits per heavy atom. The van der Waals surface area contributed by atoms with Crippen molar-refractivity contribution in [3.63, 3.8) is 0 Å². The molecule has 1 amide bonds. The van der Waals surface area contributed by atoms with E-state index in [1.54, 1.807) is 24.3 Å². The normalized spacial score (nSPS) is 14.8. The lowest BCUT2D eigenvalue weighted by Crippen LogP contribution is -2.32. The van der Waals surface area contributed by atoms with Crippen molar-refractivity contribution in [1.29, 1.82) is 0 Å². The molecule has 1 aliphatic carbocycles. The van der Waals surface area contributed by atoms with Crippen LogP contribution in [-0.2, 0) is 14.8 Å². The minimum absolute atomic E-state index is 0.0180. The molecule has 0 atom stereocenters. The Kier molecular flexibility index (Phi) is 3.66. The number of methoxy groups -OCH3 is 1. The fraction of sp³-hybridized carbons (Fsp3) is 0.417. The van der Waals surface area contributed by atoms with E-state index in [4.69, 9.17) is 0 Å². The third kappa shape index (κ3) is 3.17. The van der Waals surface area contributed by atoms with Gasteiger partial charge in [0.05, 0.1) is 24.7 Å². The maximum absolute atomic E-state index is 11.9. The van der Waals surface area contributed by atoms with Crippen LogP contribution in [0.15, 0.2) is 24.3 Å². The second-order valence-corrected chi connectivity index (χ2v) is 6.28. The van der Waals surface area contributed by atoms with Crippen LogP contribution in [0.25, 0.3) is 0 Å². The predicted molar refractivity (Wildman–Crippen MR) is 72.8 cm³/mol. The summed E-state index contributed by atoms with van der Waals surface area (Å²) in [7, 11) is -2.12. The van der Waals surface area contributed by atoms with Crippen molar-refractivity contribution in [1.82, 2.24) is 0 Å². The smallest absolute Gasteiger partial charge is 0.411 e. The van der Waals surface area contributed by atoms with E-state index in [9.17, 15) is 13.2 Å². The van der Waals surface area contributed by atoms with Crippen LogP contribution in [0.1, 0.15) is 12.8 Å². The van der Waals surface area contributed by atoms with E-state index in [1.807, 2.05) is 0 Å². The van der Waals surface area contributed by atoms with Crippen LogP contribution >= 0.6 is 0 Å². The van der Waals surface area contributed by atoms with E-state index < -0.39 is 16.1 Å². The zero-order chi connectivity index (χ0) is 14.0. The lowest BCUT2D eigenvalue weighted by atomic mass is 10.2. The summed E-state index contributed by atoms with van der Waals surface area (Å²) in [5, 5.41) is 2.53. The van der Waals surface area contributed by atoms with Gasteiger partial charge in [0, 0.05) is 6.04 Å². The monoisotopic (exact) mass is 284 g/mol. The fourth-order valence-corrected chi connectivity index (χ4v) is 3.16. The summed E-state index contributed by atoms with van der Waals surface area (Å²) in [5.74, 6) is 0. The number of hydrogen-bond acceptors (Lipinski definition) is 4. The number of rotatable bonds is 4. The largest absolute Gasteiger partial charge is 0.453 e. The zero-order valence-corrected chi connectivity index (χ0v) is 11.6. The predicted octanol–water partition coefficient (Wildman–Crippen LogP) is 1.79. The summed E-state index contributed by atoms with van der Waals surface area (Å²) in [4.78, 5) is 11.3. The highest BCUT2D eigenvalue weighted by Gasteiger charge is 2.36. The lowest BCUT2D eigenvalue weighted by Gasteiger charge is -2.24. The van der Waals surface area contributed by atoms with Gasteiger partial charge in [-0.05, 0) is 25.0 Å². The Hall–Kier alpha value is -1.76. The molecule has 1 N–H and O–H groups in total. The summed E-state index contributed by atoms with van der Waals surface area (Å²) in [6.07, 6.45) is 2.20. The second kappa shape index (κ2) is 5.08. The number of para-hydroxylation sites is 2. The lowest BCUT2D eigenvalue weighted by molar-refractivity contribution is 0.187. The fourth-order valence-electron chi connectivity index (χ4n) is 1.89. The van der Waals surface area contributed by atoms with Gasteiger partial charge in [0.25, 0.3) is 0 Å². The van der Waals surface area contributed by atoms with Crippen molar-refractivity contribution in [2.75, 3.05) is 23.0 Å². The molecule has 1 saturated carbocycles. The number of amides is 1. The molecule has 1 aliphatic rings. The summed E-state index contributed by atoms with van der Waals surface area (Å²) >= 11 is 0. The van der Waals surface area contributed by atoms with Crippen LogP contribution in [0, 0.1) is 0 Å². The quantitative estimate of drug-likeness (QED) is 0.914. The molecule has 0 bridgehead atoms. The van der Waals surface area contributed by atoms with Crippen molar-refractivity contribution in [3.05, 3.63) is 24.3 Å². The highest BCUT2D eigenvalue weighted by Crippen LogP contribution is 2.37. The van der Waals surface area contributed by atoms with Crippen molar-refractivity contribution < 1.29 is 17.9 Å². The molecule has 1 aromatic carbocycles. The van der Waals surface area contributed by atoms with E-state index in [0.717, 1.165) is 12.8 Å². The highest BCUT2D eigenvalue weighted by molar-refractivity contribution is 7.92. The SMILES string of the molecule is COC(=O)Nc1ccccc1N(C1CC1)S(C)(=O)=O. The van der Waals surface area contributed by atoms with Crippen LogP contribution in [0.3, 0.4) is 0 Å². The van der Waals surface area contributed by atoms with E-state index in [-0.39, 0.29) is 6.04 Å². The first-order valence-corrected chi connectivity index (χ1v) is 7.71. The topological polar surface area (TPSA) is 75.7 Å². The molecule has 6 nitrogen and oxygen atoms in total. The Labute approximate surface area is 112 Å². The van der Waals surface area contributed by atoms with Crippen LogP contribution in [0.4, 0.5) is 16.2 Å². The Balaban J connectivity index is 2.40. The van der Waals surface area contributed by atoms with Gasteiger partial charge >= 0.3 is 6.09 Å². The number of nitrogens with one attached hydrogen (secondary N) is 1. The van der Waals surface area contributed by atoms with Gasteiger partial charge in [-0.15, -0.1) is 0 Å². The molecule has 1 aromatic rings. The Morgan fingerprint density at radius 1 is 1.37 bits per heavy atom. The molecule has 0 unspecified atom stereocenters. The standard InChI is InChI=1S/C12H16N2O4S/c1-18-12(15)13-10-5-3-4-6-11(10)14(9-7-8-9)19(2,16)17/h3-6,9H,7-8H2,1-2H3,(H,13,15). The number of nitrogens with zero attached hydrogens (tertiary/aromatic N) is 1. The number of sulfonamides is 1. The minimum Gasteiger partial charge on any atom is -0.453 e. The van der Waals surface area contributed by atoms with Gasteiger partial charge < -0.3 is 4.74 Å². The molecular weight excluding hydrogens is 268 g/mol. The maximum atomic E-state index is 11.9. The van der Waals surface area contributed by atoms with Gasteiger partial charge in [-0.2, -0.15) is 0 Å². The molecule has 1 fully saturated rings. The molecule has 2 rings (SSSR count). The van der Waals surface area contributed by atoms with Crippen molar-refractivity contribution in [2.24, 2.45) is 0 Å². The van der Waals surface area contributed by atoms with Gasteiger partial charge in [-0.1, -0.05) is 12.1 Å². The molecule has 0 saturated heterocycles. The number of carbonyl (C=O) groups is 1. The molecule has 104 valence electrons. The van der Waals surface area contributed by atoms with Gasteiger partial charge in [0.1, 0.15) is 0 Å². The zero-order valence-electron chi connectivity index (χ0n) is 10.8. The first-order valence-electron chi connectivity index (χ1n) is 5.87. The van der Waals surface area contributed by atoms with Gasteiger partial charge in [-0.3, -0.25) is 9.62 Å². The number of benzene rings is 1. The van der Waals surface area contributed by atoms with E-state index >= 15 is 0 Å². The van der Waals surface area contributed by atoms with Crippen LogP contribution in [0.2, 0.25) is 0 Å². The molecule has 7 heteroatoms. The Bertz CT molecular complexity index is 581. The molecular formula is C12H16N2O4S. The third-order valence-corrected chi connectivity index (χ3v) is 4.01. The summed E-state index contributed by atoms with van der Waals surface area (Å²) in [5.41, 5.74) is 0.893. The molecule has 0 aliphatic heterocycles. The average molecular weight is 284 g/mol. The summed E-state index contributed by atoms with van der Waals surface area (Å²) in [6, 6.07) is 6.76. The summed E-state index contributed by atoms with van der Waals surface area (Å²) in [6.45, 7) is 0. The first kappa shape index (κ1) is 13.7. The molecule has 0 aromatic heterocycles. The first-order chi connectivity index (χ1) is 8.93. The van der Waals surface area contributed by atoms with Crippen LogP contribution in [0.5, 0.6) is 0 Å². The summed E-state index contributed by atoms with van der Waals surface area (Å²) < 4.78 is 29.7. The maximum Gasteiger partial charge on any atom is 0.411 e. The van der Waals surface area contributed by atoms with Crippen molar-refractivity contribution in [2.45, 2.75) is 18.9 Å². The van der Waals surface area contributed by atoms with Gasteiger partial charge in [0.15, 0.2) is 0 Å². The number of carbonyl (C=O) groups excluding carboxylic acids is 1. The van der Waals surface area contributed by atoms with Crippen molar-refractivity contribution >= 4 is 27.5 Å². The number of hydrogen-bond donors (Lipinski definition) is 1. The van der Waals surface area contributed by atoms with Crippen molar-refractivity contribution in [3.8, 4) is 0 Å². The average Bonchev–Trinajstić information content (AvgIpc) is 3.14. The molecule has 0 radical (unpaired) electrons. The van der Waals surface area contributed by atoms with E-state index in [0.29, 0.717) is 11.4 Å². The van der Waals surface area contributed by atoms with Crippen LogP contribution in [-0.4, -0.2) is 33.9 Å². The second-order valence-electron chi connectivity index (χ2n) is 4.42.